The molecule has 0 bridgehead atoms. The van der Waals surface area contributed by atoms with Crippen molar-refractivity contribution in [3.8, 4) is 5.75 Å². The van der Waals surface area contributed by atoms with Crippen LogP contribution in [0.25, 0.3) is 0 Å². The number of aryl methyl sites for hydroxylation is 1. The molecule has 1 aromatic carbocycles. The monoisotopic (exact) mass is 667 g/mol. The van der Waals surface area contributed by atoms with Crippen molar-refractivity contribution >= 4 is 23.8 Å². The summed E-state index contributed by atoms with van der Waals surface area (Å²) in [5.74, 6) is 1.58. The first kappa shape index (κ1) is 34.9. The molecule has 5 rings (SSSR count). The number of hydrogen-bond acceptors (Lipinski definition) is 13. The van der Waals surface area contributed by atoms with Gasteiger partial charge in [-0.05, 0) is 57.4 Å². The number of carbonyl (C=O) groups is 2. The largest absolute Gasteiger partial charge is 0.486 e. The number of aliphatic hydroxyl groups excluding tert-OH is 1. The van der Waals surface area contributed by atoms with Crippen LogP contribution in [0.2, 0.25) is 0 Å². The van der Waals surface area contributed by atoms with E-state index >= 15 is 0 Å². The third kappa shape index (κ3) is 8.90. The molecule has 15 nitrogen and oxygen atoms in total. The second-order valence-electron chi connectivity index (χ2n) is 13.0. The number of aliphatic hydroxyl groups is 1. The summed E-state index contributed by atoms with van der Waals surface area (Å²) in [6.07, 6.45) is 0.0340. The van der Waals surface area contributed by atoms with Crippen molar-refractivity contribution in [3.63, 3.8) is 0 Å². The Bertz CT molecular complexity index is 1570. The molecule has 0 aliphatic carbocycles. The van der Waals surface area contributed by atoms with Gasteiger partial charge in [-0.25, -0.2) is 14.8 Å². The van der Waals surface area contributed by atoms with Gasteiger partial charge in [0.1, 0.15) is 29.5 Å². The second-order valence-corrected chi connectivity index (χ2v) is 13.0. The molecule has 1 saturated heterocycles. The number of amides is 2. The van der Waals surface area contributed by atoms with Gasteiger partial charge in [-0.2, -0.15) is 4.98 Å². The van der Waals surface area contributed by atoms with Gasteiger partial charge in [-0.3, -0.25) is 9.69 Å². The molecule has 0 unspecified atom stereocenters. The lowest BCUT2D eigenvalue weighted by atomic mass is 9.91. The van der Waals surface area contributed by atoms with Crippen LogP contribution in [0.1, 0.15) is 53.8 Å². The Kier molecular flexibility index (Phi) is 11.0. The summed E-state index contributed by atoms with van der Waals surface area (Å²) in [5, 5.41) is 17.5. The average Bonchev–Trinajstić information content (AvgIpc) is 3.45. The molecule has 260 valence electrons. The molecule has 2 aromatic heterocycles. The van der Waals surface area contributed by atoms with Crippen LogP contribution in [0.5, 0.6) is 5.75 Å². The highest BCUT2D eigenvalue weighted by atomic mass is 16.6. The normalized spacial score (nSPS) is 16.8. The van der Waals surface area contributed by atoms with E-state index in [1.54, 1.807) is 38.8 Å². The Morgan fingerprint density at radius 1 is 1.19 bits per heavy atom. The number of anilines is 2. The number of methoxy groups -OCH3 is 1. The van der Waals surface area contributed by atoms with Gasteiger partial charge < -0.3 is 44.0 Å². The molecule has 48 heavy (non-hydrogen) atoms. The maximum Gasteiger partial charge on any atom is 0.410 e. The highest BCUT2D eigenvalue weighted by Gasteiger charge is 2.37. The Morgan fingerprint density at radius 3 is 2.65 bits per heavy atom. The zero-order valence-electron chi connectivity index (χ0n) is 28.3. The number of carbonyl (C=O) groups excluding carboxylic acids is 2. The number of nitrogens with one attached hydrogen (secondary N) is 2. The van der Waals surface area contributed by atoms with Gasteiger partial charge in [-0.15, -0.1) is 0 Å². The topological polar surface area (TPSA) is 174 Å². The number of nitrogens with zero attached hydrogens (tertiary/aromatic N) is 5. The van der Waals surface area contributed by atoms with Crippen LogP contribution >= 0.6 is 0 Å². The Labute approximate surface area is 279 Å². The molecule has 2 aliphatic heterocycles. The molecule has 2 aliphatic rings. The van der Waals surface area contributed by atoms with Gasteiger partial charge in [0.05, 0.1) is 43.7 Å². The van der Waals surface area contributed by atoms with Crippen LogP contribution in [0.3, 0.4) is 0 Å². The molecule has 3 aromatic rings. The lowest BCUT2D eigenvalue weighted by molar-refractivity contribution is -0.0113. The van der Waals surface area contributed by atoms with Crippen molar-refractivity contribution in [2.24, 2.45) is 0 Å². The van der Waals surface area contributed by atoms with Crippen molar-refractivity contribution in [2.45, 2.75) is 71.1 Å². The summed E-state index contributed by atoms with van der Waals surface area (Å²) in [4.78, 5) is 43.3. The fourth-order valence-corrected chi connectivity index (χ4v) is 5.23. The molecule has 3 N–H and O–H groups in total. The third-order valence-corrected chi connectivity index (χ3v) is 8.02. The summed E-state index contributed by atoms with van der Waals surface area (Å²) in [7, 11) is 3.42. The van der Waals surface area contributed by atoms with Gasteiger partial charge in [0.25, 0.3) is 5.91 Å². The van der Waals surface area contributed by atoms with Crippen molar-refractivity contribution in [1.82, 2.24) is 25.2 Å². The van der Waals surface area contributed by atoms with E-state index in [1.807, 2.05) is 32.2 Å². The quantitative estimate of drug-likeness (QED) is 0.243. The van der Waals surface area contributed by atoms with E-state index in [0.717, 1.165) is 16.8 Å². The fourth-order valence-electron chi connectivity index (χ4n) is 5.23. The number of oxazole rings is 1. The maximum atomic E-state index is 13.4. The predicted molar refractivity (Wildman–Crippen MR) is 175 cm³/mol. The molecular formula is C33H45N7O8. The lowest BCUT2D eigenvalue weighted by Gasteiger charge is -2.40. The predicted octanol–water partition coefficient (Wildman–Crippen LogP) is 2.70. The van der Waals surface area contributed by atoms with E-state index < -0.39 is 29.7 Å². The van der Waals surface area contributed by atoms with Gasteiger partial charge in [0.15, 0.2) is 12.2 Å². The first-order chi connectivity index (χ1) is 22.9. The first-order valence-corrected chi connectivity index (χ1v) is 15.9. The molecule has 0 saturated carbocycles. The second kappa shape index (κ2) is 15.2. The molecule has 15 heteroatoms. The number of fused-ring (bicyclic) bond motifs is 1. The summed E-state index contributed by atoms with van der Waals surface area (Å²) >= 11 is 0. The number of benzene rings is 1. The summed E-state index contributed by atoms with van der Waals surface area (Å²) in [6, 6.07) is 6.63. The maximum absolute atomic E-state index is 13.4. The number of rotatable bonds is 13. The third-order valence-electron chi connectivity index (χ3n) is 8.02. The van der Waals surface area contributed by atoms with Crippen molar-refractivity contribution in [2.75, 3.05) is 57.3 Å². The van der Waals surface area contributed by atoms with Crippen LogP contribution in [-0.2, 0) is 33.8 Å². The smallest absolute Gasteiger partial charge is 0.410 e. The standard InChI is InChI=1S/C33H45N7O8/c1-20-28(47-19-35-20)18-46-24-8-7-21-12-26(40(15-22(21)11-24)32(43)48-33(2,3)4)27(41)14-34-30(42)25-13-29(36-23-16-45-17-23)38-31(37-25)39(5)9-10-44-6/h7-8,11,13,19,23,26-27,41H,9-10,12,14-18H2,1-6H3,(H,34,42)(H,36,37,38)/t26-,27+/m0/s1. The van der Waals surface area contributed by atoms with E-state index in [1.165, 1.54) is 11.3 Å². The Balaban J connectivity index is 1.30. The summed E-state index contributed by atoms with van der Waals surface area (Å²) in [5.41, 5.74) is 1.94. The van der Waals surface area contributed by atoms with Crippen molar-refractivity contribution < 1.29 is 38.1 Å². The number of aromatic nitrogens is 3. The molecule has 0 spiro atoms. The molecule has 4 heterocycles. The number of hydrogen-bond donors (Lipinski definition) is 3. The minimum Gasteiger partial charge on any atom is -0.486 e. The van der Waals surface area contributed by atoms with Crippen LogP contribution in [0, 0.1) is 6.92 Å². The van der Waals surface area contributed by atoms with Crippen LogP contribution < -0.4 is 20.3 Å². The zero-order valence-corrected chi connectivity index (χ0v) is 28.3. The highest BCUT2D eigenvalue weighted by Crippen LogP contribution is 2.30. The fraction of sp³-hybridized carbons (Fsp3) is 0.545. The summed E-state index contributed by atoms with van der Waals surface area (Å²) in [6.45, 7) is 9.53. The van der Waals surface area contributed by atoms with Gasteiger partial charge in [0.2, 0.25) is 5.95 Å². The van der Waals surface area contributed by atoms with Gasteiger partial charge in [-0.1, -0.05) is 6.07 Å². The van der Waals surface area contributed by atoms with E-state index in [9.17, 15) is 14.7 Å². The minimum absolute atomic E-state index is 0.0860. The van der Waals surface area contributed by atoms with Crippen LogP contribution in [-0.4, -0.2) is 108 Å². The molecule has 0 radical (unpaired) electrons. The first-order valence-electron chi connectivity index (χ1n) is 15.9. The van der Waals surface area contributed by atoms with Gasteiger partial charge >= 0.3 is 6.09 Å². The SMILES string of the molecule is COCCN(C)c1nc(NC2COC2)cc(C(=O)NC[C@@H](O)[C@@H]2Cc3ccc(OCc4ocnc4C)cc3CN2C(=O)OC(C)(C)C)n1. The average molecular weight is 668 g/mol. The van der Waals surface area contributed by atoms with Crippen LogP contribution in [0.4, 0.5) is 16.6 Å². The Hall–Kier alpha value is -4.47. The van der Waals surface area contributed by atoms with Crippen molar-refractivity contribution in [3.05, 3.63) is 58.9 Å². The highest BCUT2D eigenvalue weighted by molar-refractivity contribution is 5.93. The molecule has 2 atom stereocenters. The lowest BCUT2D eigenvalue weighted by Crippen LogP contribution is -2.54. The van der Waals surface area contributed by atoms with Gasteiger partial charge in [0, 0.05) is 39.9 Å². The zero-order chi connectivity index (χ0) is 34.4. The number of likely N-dealkylation sites (N-methyl/N-ethyl adjacent to an activating group) is 1. The molecule has 1 fully saturated rings. The Morgan fingerprint density at radius 2 is 1.98 bits per heavy atom. The van der Waals surface area contributed by atoms with Crippen molar-refractivity contribution in [1.29, 1.82) is 0 Å². The van der Waals surface area contributed by atoms with E-state index in [0.29, 0.717) is 56.1 Å². The number of ether oxygens (including phenoxy) is 4. The molecule has 2 amide bonds. The minimum atomic E-state index is -1.12. The van der Waals surface area contributed by atoms with Crippen LogP contribution in [0.15, 0.2) is 35.1 Å². The summed E-state index contributed by atoms with van der Waals surface area (Å²) < 4.78 is 27.5. The van der Waals surface area contributed by atoms with E-state index in [2.05, 4.69) is 25.6 Å². The van der Waals surface area contributed by atoms with E-state index in [-0.39, 0.29) is 31.4 Å². The molecular weight excluding hydrogens is 622 g/mol. The van der Waals surface area contributed by atoms with E-state index in [4.69, 9.17) is 23.4 Å².